The summed E-state index contributed by atoms with van der Waals surface area (Å²) in [4.78, 5) is 24.2. The van der Waals surface area contributed by atoms with E-state index in [9.17, 15) is 14.0 Å². The maximum absolute atomic E-state index is 13.5. The molecule has 2 amide bonds. The zero-order valence-corrected chi connectivity index (χ0v) is 16.0. The molecule has 146 valence electrons. The van der Waals surface area contributed by atoms with E-state index in [2.05, 4.69) is 15.7 Å². The van der Waals surface area contributed by atoms with E-state index in [0.29, 0.717) is 11.1 Å². The zero-order chi connectivity index (χ0) is 20.1. The Kier molecular flexibility index (Phi) is 6.03. The first-order valence-corrected chi connectivity index (χ1v) is 9.18. The smallest absolute Gasteiger partial charge is 0.251 e. The topological polar surface area (TPSA) is 73.8 Å². The van der Waals surface area contributed by atoms with Gasteiger partial charge in [-0.2, -0.15) is 5.10 Å². The van der Waals surface area contributed by atoms with Gasteiger partial charge in [0.25, 0.3) is 11.8 Å². The fourth-order valence-corrected chi connectivity index (χ4v) is 2.84. The minimum absolute atomic E-state index is 0.219. The molecule has 0 radical (unpaired) electrons. The van der Waals surface area contributed by atoms with Crippen LogP contribution in [0.3, 0.4) is 0 Å². The number of aryl methyl sites for hydroxylation is 1. The molecule has 2 aromatic rings. The number of carbonyl (C=O) groups excluding carboxylic acids is 2. The second-order valence-corrected chi connectivity index (χ2v) is 6.73. The van der Waals surface area contributed by atoms with Gasteiger partial charge >= 0.3 is 0 Å². The van der Waals surface area contributed by atoms with Crippen LogP contribution >= 0.6 is 0 Å². The molecular weight excluding hydrogens is 359 g/mol. The molecule has 0 saturated heterocycles. The monoisotopic (exact) mass is 382 g/mol. The highest BCUT2D eigenvalue weighted by Gasteiger charge is 2.13. The third-order valence-electron chi connectivity index (χ3n) is 4.53. The number of anilines is 1. The first-order chi connectivity index (χ1) is 13.4. The largest absolute Gasteiger partial charge is 0.350 e. The summed E-state index contributed by atoms with van der Waals surface area (Å²) in [6, 6.07) is 11.6. The Hall–Kier alpha value is -3.22. The Bertz CT molecular complexity index is 909. The standard InChI is InChI=1S/C21H23FN4O2/c1-14-3-4-17(13-19(14)22)21(28)24-11-10-23-20(27)16-5-7-18(8-6-16)26-12-9-15(2)25-26/h3-8,13H,9-12H2,1-2H3,(H,23,27)(H,24,28). The van der Waals surface area contributed by atoms with Crippen LogP contribution in [-0.2, 0) is 0 Å². The average molecular weight is 382 g/mol. The quantitative estimate of drug-likeness (QED) is 0.755. The molecule has 0 aromatic heterocycles. The van der Waals surface area contributed by atoms with Crippen LogP contribution in [0.4, 0.5) is 10.1 Å². The van der Waals surface area contributed by atoms with E-state index in [-0.39, 0.29) is 30.5 Å². The van der Waals surface area contributed by atoms with Crippen molar-refractivity contribution in [3.63, 3.8) is 0 Å². The van der Waals surface area contributed by atoms with E-state index in [0.717, 1.165) is 24.4 Å². The Morgan fingerprint density at radius 3 is 2.18 bits per heavy atom. The van der Waals surface area contributed by atoms with E-state index in [1.54, 1.807) is 31.2 Å². The summed E-state index contributed by atoms with van der Waals surface area (Å²) in [5.41, 5.74) is 3.32. The number of hydrogen-bond donors (Lipinski definition) is 2. The van der Waals surface area contributed by atoms with Gasteiger partial charge in [0.05, 0.1) is 5.69 Å². The molecule has 6 nitrogen and oxygen atoms in total. The summed E-state index contributed by atoms with van der Waals surface area (Å²) in [5.74, 6) is -1.01. The zero-order valence-electron chi connectivity index (χ0n) is 16.0. The van der Waals surface area contributed by atoms with Gasteiger partial charge in [-0.05, 0) is 55.8 Å². The van der Waals surface area contributed by atoms with E-state index in [4.69, 9.17) is 0 Å². The van der Waals surface area contributed by atoms with Gasteiger partial charge < -0.3 is 10.6 Å². The number of halogens is 1. The van der Waals surface area contributed by atoms with Crippen LogP contribution in [-0.4, -0.2) is 37.2 Å². The predicted octanol–water partition coefficient (Wildman–Crippen LogP) is 2.88. The molecule has 1 aliphatic heterocycles. The average Bonchev–Trinajstić information content (AvgIpc) is 3.13. The fraction of sp³-hybridized carbons (Fsp3) is 0.286. The third kappa shape index (κ3) is 4.73. The van der Waals surface area contributed by atoms with Gasteiger partial charge in [-0.3, -0.25) is 14.6 Å². The molecular formula is C21H23FN4O2. The van der Waals surface area contributed by atoms with Crippen molar-refractivity contribution in [1.82, 2.24) is 10.6 Å². The summed E-state index contributed by atoms with van der Waals surface area (Å²) >= 11 is 0. The Morgan fingerprint density at radius 2 is 1.61 bits per heavy atom. The van der Waals surface area contributed by atoms with Crippen LogP contribution in [0.2, 0.25) is 0 Å². The number of nitrogens with one attached hydrogen (secondary N) is 2. The maximum atomic E-state index is 13.5. The Morgan fingerprint density at radius 1 is 1.00 bits per heavy atom. The van der Waals surface area contributed by atoms with Crippen molar-refractivity contribution < 1.29 is 14.0 Å². The van der Waals surface area contributed by atoms with Crippen LogP contribution < -0.4 is 15.6 Å². The molecule has 0 spiro atoms. The van der Waals surface area contributed by atoms with Crippen LogP contribution in [0.25, 0.3) is 0 Å². The van der Waals surface area contributed by atoms with Gasteiger partial charge in [0, 0.05) is 42.9 Å². The van der Waals surface area contributed by atoms with Gasteiger partial charge in [0.1, 0.15) is 5.82 Å². The van der Waals surface area contributed by atoms with Crippen molar-refractivity contribution in [1.29, 1.82) is 0 Å². The van der Waals surface area contributed by atoms with Gasteiger partial charge in [-0.1, -0.05) is 6.07 Å². The van der Waals surface area contributed by atoms with Crippen LogP contribution in [0.5, 0.6) is 0 Å². The van der Waals surface area contributed by atoms with Crippen molar-refractivity contribution in [2.75, 3.05) is 24.6 Å². The summed E-state index contributed by atoms with van der Waals surface area (Å²) in [5, 5.41) is 11.8. The molecule has 0 atom stereocenters. The SMILES string of the molecule is CC1=NN(c2ccc(C(=O)NCCNC(=O)c3ccc(C)c(F)c3)cc2)CC1. The van der Waals surface area contributed by atoms with Crippen molar-refractivity contribution in [2.24, 2.45) is 5.10 Å². The van der Waals surface area contributed by atoms with Gasteiger partial charge in [-0.15, -0.1) is 0 Å². The molecule has 0 fully saturated rings. The van der Waals surface area contributed by atoms with Gasteiger partial charge in [-0.25, -0.2) is 4.39 Å². The van der Waals surface area contributed by atoms with Crippen molar-refractivity contribution in [2.45, 2.75) is 20.3 Å². The highest BCUT2D eigenvalue weighted by Crippen LogP contribution is 2.19. The minimum Gasteiger partial charge on any atom is -0.350 e. The number of hydrogen-bond acceptors (Lipinski definition) is 4. The second-order valence-electron chi connectivity index (χ2n) is 6.73. The minimum atomic E-state index is -0.417. The molecule has 2 aromatic carbocycles. The van der Waals surface area contributed by atoms with E-state index >= 15 is 0 Å². The summed E-state index contributed by atoms with van der Waals surface area (Å²) in [7, 11) is 0. The molecule has 0 bridgehead atoms. The molecule has 3 rings (SSSR count). The predicted molar refractivity (Wildman–Crippen MR) is 107 cm³/mol. The lowest BCUT2D eigenvalue weighted by Gasteiger charge is -2.14. The lowest BCUT2D eigenvalue weighted by atomic mass is 10.1. The number of amides is 2. The number of rotatable bonds is 6. The first-order valence-electron chi connectivity index (χ1n) is 9.18. The molecule has 7 heteroatoms. The fourth-order valence-electron chi connectivity index (χ4n) is 2.84. The lowest BCUT2D eigenvalue weighted by molar-refractivity contribution is 0.0927. The highest BCUT2D eigenvalue weighted by molar-refractivity contribution is 5.95. The van der Waals surface area contributed by atoms with Crippen LogP contribution in [0.1, 0.15) is 39.6 Å². The molecule has 2 N–H and O–H groups in total. The lowest BCUT2D eigenvalue weighted by Crippen LogP contribution is -2.34. The first kappa shape index (κ1) is 19.5. The normalized spacial score (nSPS) is 13.2. The molecule has 0 saturated carbocycles. The summed E-state index contributed by atoms with van der Waals surface area (Å²) in [6.45, 7) is 5.01. The number of nitrogens with zero attached hydrogens (tertiary/aromatic N) is 2. The molecule has 1 aliphatic rings. The van der Waals surface area contributed by atoms with Crippen LogP contribution in [0.15, 0.2) is 47.6 Å². The van der Waals surface area contributed by atoms with Gasteiger partial charge in [0.15, 0.2) is 0 Å². The van der Waals surface area contributed by atoms with E-state index in [1.165, 1.54) is 6.07 Å². The maximum Gasteiger partial charge on any atom is 0.251 e. The molecule has 1 heterocycles. The number of hydrazone groups is 1. The Labute approximate surface area is 163 Å². The highest BCUT2D eigenvalue weighted by atomic mass is 19.1. The van der Waals surface area contributed by atoms with Gasteiger partial charge in [0.2, 0.25) is 0 Å². The molecule has 0 aliphatic carbocycles. The second kappa shape index (κ2) is 8.65. The summed E-state index contributed by atoms with van der Waals surface area (Å²) < 4.78 is 13.5. The summed E-state index contributed by atoms with van der Waals surface area (Å²) in [6.07, 6.45) is 0.948. The van der Waals surface area contributed by atoms with Crippen LogP contribution in [0, 0.1) is 12.7 Å². The van der Waals surface area contributed by atoms with Crippen molar-refractivity contribution in [3.05, 3.63) is 65.0 Å². The van der Waals surface area contributed by atoms with E-state index in [1.807, 2.05) is 24.1 Å². The number of benzene rings is 2. The van der Waals surface area contributed by atoms with Crippen molar-refractivity contribution in [3.8, 4) is 0 Å². The van der Waals surface area contributed by atoms with E-state index < -0.39 is 5.82 Å². The number of carbonyl (C=O) groups is 2. The molecule has 28 heavy (non-hydrogen) atoms. The van der Waals surface area contributed by atoms with Crippen molar-refractivity contribution >= 4 is 23.2 Å². The Balaban J connectivity index is 1.45. The third-order valence-corrected chi connectivity index (χ3v) is 4.53. The molecule has 0 unspecified atom stereocenters.